The van der Waals surface area contributed by atoms with Gasteiger partial charge in [-0.1, -0.05) is 11.6 Å². The second-order valence-corrected chi connectivity index (χ2v) is 6.58. The Hall–Kier alpha value is -0.620. The van der Waals surface area contributed by atoms with E-state index in [-0.39, 0.29) is 12.0 Å². The molecule has 0 aromatic heterocycles. The third-order valence-electron chi connectivity index (χ3n) is 3.64. The molecule has 0 heterocycles. The van der Waals surface area contributed by atoms with E-state index in [1.165, 1.54) is 0 Å². The first-order valence-corrected chi connectivity index (χ1v) is 8.34. The Kier molecular flexibility index (Phi) is 6.48. The Morgan fingerprint density at radius 2 is 2.10 bits per heavy atom. The van der Waals surface area contributed by atoms with E-state index in [1.54, 1.807) is 18.2 Å². The average molecular weight is 376 g/mol. The average Bonchev–Trinajstić information content (AvgIpc) is 2.45. The van der Waals surface area contributed by atoms with Crippen LogP contribution in [0.4, 0.5) is 0 Å². The van der Waals surface area contributed by atoms with Crippen LogP contribution in [0.3, 0.4) is 0 Å². The van der Waals surface area contributed by atoms with E-state index < -0.39 is 0 Å². The van der Waals surface area contributed by atoms with Gasteiger partial charge in [-0.2, -0.15) is 0 Å². The van der Waals surface area contributed by atoms with Crippen LogP contribution in [0.15, 0.2) is 22.7 Å². The number of halogens is 2. The van der Waals surface area contributed by atoms with Gasteiger partial charge in [0, 0.05) is 22.1 Å². The summed E-state index contributed by atoms with van der Waals surface area (Å²) in [6.45, 7) is 1.02. The van der Waals surface area contributed by atoms with Gasteiger partial charge in [0.15, 0.2) is 0 Å². The molecule has 1 aromatic carbocycles. The molecule has 0 bridgehead atoms. The van der Waals surface area contributed by atoms with E-state index in [4.69, 9.17) is 22.1 Å². The number of nitrogens with two attached hydrogens (primary N) is 1. The van der Waals surface area contributed by atoms with Crippen molar-refractivity contribution in [2.75, 3.05) is 13.2 Å². The van der Waals surface area contributed by atoms with Crippen LogP contribution in [0.5, 0.6) is 0 Å². The molecule has 1 saturated carbocycles. The van der Waals surface area contributed by atoms with E-state index in [0.29, 0.717) is 34.3 Å². The molecule has 6 heteroatoms. The van der Waals surface area contributed by atoms with Crippen LogP contribution in [-0.2, 0) is 4.74 Å². The lowest BCUT2D eigenvalue weighted by Crippen LogP contribution is -2.33. The Labute approximate surface area is 138 Å². The topological polar surface area (TPSA) is 64.3 Å². The summed E-state index contributed by atoms with van der Waals surface area (Å²) < 4.78 is 6.45. The van der Waals surface area contributed by atoms with Crippen molar-refractivity contribution in [2.24, 2.45) is 5.73 Å². The van der Waals surface area contributed by atoms with Crippen LogP contribution in [0, 0.1) is 0 Å². The van der Waals surface area contributed by atoms with Crippen molar-refractivity contribution in [2.45, 2.75) is 37.8 Å². The summed E-state index contributed by atoms with van der Waals surface area (Å²) in [5.41, 5.74) is 6.43. The van der Waals surface area contributed by atoms with Crippen molar-refractivity contribution < 1.29 is 9.53 Å². The van der Waals surface area contributed by atoms with Gasteiger partial charge in [0.1, 0.15) is 0 Å². The maximum atomic E-state index is 12.0. The van der Waals surface area contributed by atoms with E-state index in [2.05, 4.69) is 21.2 Å². The molecule has 0 unspecified atom stereocenters. The minimum absolute atomic E-state index is 0.132. The monoisotopic (exact) mass is 374 g/mol. The normalized spacial score (nSPS) is 22.0. The van der Waals surface area contributed by atoms with Crippen LogP contribution in [0.2, 0.25) is 5.02 Å². The van der Waals surface area contributed by atoms with Gasteiger partial charge in [-0.3, -0.25) is 4.79 Å². The molecule has 0 saturated heterocycles. The predicted octanol–water partition coefficient (Wildman–Crippen LogP) is 3.12. The van der Waals surface area contributed by atoms with Crippen LogP contribution in [-0.4, -0.2) is 31.2 Å². The highest BCUT2D eigenvalue weighted by Crippen LogP contribution is 2.21. The Morgan fingerprint density at radius 3 is 2.76 bits per heavy atom. The molecule has 0 atom stereocenters. The third kappa shape index (κ3) is 5.25. The number of carbonyl (C=O) groups is 1. The highest BCUT2D eigenvalue weighted by Gasteiger charge is 2.18. The fourth-order valence-corrected chi connectivity index (χ4v) is 3.28. The van der Waals surface area contributed by atoms with Gasteiger partial charge in [0.2, 0.25) is 0 Å². The zero-order valence-electron chi connectivity index (χ0n) is 11.8. The number of benzene rings is 1. The number of amides is 1. The maximum absolute atomic E-state index is 12.0. The molecule has 1 aliphatic rings. The molecule has 1 aromatic rings. The fourth-order valence-electron chi connectivity index (χ4n) is 2.41. The lowest BCUT2D eigenvalue weighted by molar-refractivity contribution is 0.0267. The zero-order chi connectivity index (χ0) is 15.2. The minimum atomic E-state index is -0.132. The van der Waals surface area contributed by atoms with E-state index in [9.17, 15) is 4.79 Å². The number of ether oxygens (including phenoxy) is 1. The van der Waals surface area contributed by atoms with Gasteiger partial charge < -0.3 is 15.8 Å². The second-order valence-electron chi connectivity index (χ2n) is 5.29. The number of rotatable bonds is 5. The molecule has 0 radical (unpaired) electrons. The van der Waals surface area contributed by atoms with Crippen molar-refractivity contribution in [3.8, 4) is 0 Å². The Balaban J connectivity index is 1.69. The summed E-state index contributed by atoms with van der Waals surface area (Å²) in [5, 5.41) is 3.44. The molecule has 1 fully saturated rings. The summed E-state index contributed by atoms with van der Waals surface area (Å²) in [5.74, 6) is -0.132. The van der Waals surface area contributed by atoms with E-state index in [0.717, 1.165) is 25.7 Å². The smallest absolute Gasteiger partial charge is 0.252 e. The van der Waals surface area contributed by atoms with Gasteiger partial charge in [0.05, 0.1) is 18.3 Å². The first kappa shape index (κ1) is 16.7. The largest absolute Gasteiger partial charge is 0.376 e. The molecule has 0 aliphatic heterocycles. The molecule has 21 heavy (non-hydrogen) atoms. The van der Waals surface area contributed by atoms with Gasteiger partial charge in [-0.25, -0.2) is 0 Å². The maximum Gasteiger partial charge on any atom is 0.252 e. The fraction of sp³-hybridized carbons (Fsp3) is 0.533. The molecule has 0 spiro atoms. The number of nitrogens with one attached hydrogen (secondary N) is 1. The summed E-state index contributed by atoms with van der Waals surface area (Å²) in [6.07, 6.45) is 4.35. The van der Waals surface area contributed by atoms with Gasteiger partial charge in [-0.05, 0) is 59.8 Å². The van der Waals surface area contributed by atoms with Gasteiger partial charge in [-0.15, -0.1) is 0 Å². The van der Waals surface area contributed by atoms with Gasteiger partial charge >= 0.3 is 0 Å². The lowest BCUT2D eigenvalue weighted by atomic mass is 9.94. The number of hydrogen-bond donors (Lipinski definition) is 2. The zero-order valence-corrected chi connectivity index (χ0v) is 14.1. The second kappa shape index (κ2) is 8.13. The highest BCUT2D eigenvalue weighted by atomic mass is 79.9. The predicted molar refractivity (Wildman–Crippen MR) is 87.7 cm³/mol. The summed E-state index contributed by atoms with van der Waals surface area (Å²) >= 11 is 9.19. The molecule has 1 aliphatic carbocycles. The summed E-state index contributed by atoms with van der Waals surface area (Å²) in [6, 6.07) is 5.43. The first-order chi connectivity index (χ1) is 10.1. The Morgan fingerprint density at radius 1 is 1.38 bits per heavy atom. The van der Waals surface area contributed by atoms with E-state index >= 15 is 0 Å². The van der Waals surface area contributed by atoms with Crippen molar-refractivity contribution in [3.63, 3.8) is 0 Å². The van der Waals surface area contributed by atoms with Gasteiger partial charge in [0.25, 0.3) is 5.91 Å². The van der Waals surface area contributed by atoms with Crippen LogP contribution < -0.4 is 11.1 Å². The Bertz CT molecular complexity index is 491. The summed E-state index contributed by atoms with van der Waals surface area (Å²) in [4.78, 5) is 12.0. The highest BCUT2D eigenvalue weighted by molar-refractivity contribution is 9.10. The molecular weight excluding hydrogens is 356 g/mol. The van der Waals surface area contributed by atoms with Crippen LogP contribution in [0.1, 0.15) is 36.0 Å². The summed E-state index contributed by atoms with van der Waals surface area (Å²) in [7, 11) is 0. The SMILES string of the molecule is NC1CCC(OCCNC(=O)c2ccc(Cl)cc2Br)CC1. The molecular formula is C15H20BrClN2O2. The van der Waals surface area contributed by atoms with Crippen LogP contribution in [0.25, 0.3) is 0 Å². The molecule has 2 rings (SSSR count). The third-order valence-corrected chi connectivity index (χ3v) is 4.53. The standard InChI is InChI=1S/C15H20BrClN2O2/c16-14-9-10(17)1-6-13(14)15(20)19-7-8-21-12-4-2-11(18)3-5-12/h1,6,9,11-12H,2-5,7-8,18H2,(H,19,20). The molecule has 4 nitrogen and oxygen atoms in total. The molecule has 116 valence electrons. The lowest BCUT2D eigenvalue weighted by Gasteiger charge is -2.26. The van der Waals surface area contributed by atoms with Crippen LogP contribution >= 0.6 is 27.5 Å². The van der Waals surface area contributed by atoms with Crippen molar-refractivity contribution in [1.29, 1.82) is 0 Å². The molecule has 3 N–H and O–H groups in total. The van der Waals surface area contributed by atoms with E-state index in [1.807, 2.05) is 0 Å². The number of carbonyl (C=O) groups excluding carboxylic acids is 1. The van der Waals surface area contributed by atoms with Crippen molar-refractivity contribution in [3.05, 3.63) is 33.3 Å². The number of hydrogen-bond acceptors (Lipinski definition) is 3. The quantitative estimate of drug-likeness (QED) is 0.777. The van der Waals surface area contributed by atoms with Crippen molar-refractivity contribution >= 4 is 33.4 Å². The first-order valence-electron chi connectivity index (χ1n) is 7.16. The molecule has 1 amide bonds. The minimum Gasteiger partial charge on any atom is -0.376 e. The van der Waals surface area contributed by atoms with Crippen molar-refractivity contribution in [1.82, 2.24) is 5.32 Å².